The van der Waals surface area contributed by atoms with E-state index in [1.807, 2.05) is 6.92 Å². The van der Waals surface area contributed by atoms with E-state index in [0.717, 1.165) is 6.42 Å². The molecule has 0 spiro atoms. The summed E-state index contributed by atoms with van der Waals surface area (Å²) in [6.07, 6.45) is 1.83. The van der Waals surface area contributed by atoms with Gasteiger partial charge >= 0.3 is 0 Å². The summed E-state index contributed by atoms with van der Waals surface area (Å²) >= 11 is 0. The molecular formula is C8H14N2O3. The molecule has 13 heavy (non-hydrogen) atoms. The second kappa shape index (κ2) is 4.23. The highest BCUT2D eigenvalue weighted by atomic mass is 16.5. The second-order valence-electron chi connectivity index (χ2n) is 3.09. The number of hydrogen-bond acceptors (Lipinski definition) is 3. The van der Waals surface area contributed by atoms with Gasteiger partial charge in [0, 0.05) is 13.0 Å². The average Bonchev–Trinajstić information content (AvgIpc) is 2.53. The number of nitrogens with zero attached hydrogens (tertiary/aromatic N) is 1. The summed E-state index contributed by atoms with van der Waals surface area (Å²) in [5.41, 5.74) is 1.58. The molecule has 0 aromatic rings. The third kappa shape index (κ3) is 1.98. The van der Waals surface area contributed by atoms with Crippen molar-refractivity contribution in [2.75, 3.05) is 6.54 Å². The number of amides is 2. The molecule has 1 atom stereocenters. The zero-order chi connectivity index (χ0) is 9.84. The van der Waals surface area contributed by atoms with Crippen molar-refractivity contribution in [2.45, 2.75) is 32.2 Å². The summed E-state index contributed by atoms with van der Waals surface area (Å²) in [5, 5.41) is 8.45. The molecule has 0 bridgehead atoms. The van der Waals surface area contributed by atoms with Crippen LogP contribution in [0.4, 0.5) is 0 Å². The van der Waals surface area contributed by atoms with Crippen LogP contribution >= 0.6 is 0 Å². The lowest BCUT2D eigenvalue weighted by Crippen LogP contribution is -2.46. The number of likely N-dealkylation sites (tertiary alicyclic amines) is 1. The third-order valence-corrected chi connectivity index (χ3v) is 2.29. The molecule has 2 N–H and O–H groups in total. The van der Waals surface area contributed by atoms with Crippen molar-refractivity contribution in [1.29, 1.82) is 0 Å². The van der Waals surface area contributed by atoms with Gasteiger partial charge in [0.25, 0.3) is 5.91 Å². The third-order valence-electron chi connectivity index (χ3n) is 2.29. The van der Waals surface area contributed by atoms with E-state index in [1.165, 1.54) is 4.90 Å². The van der Waals surface area contributed by atoms with Gasteiger partial charge in [-0.3, -0.25) is 14.8 Å². The van der Waals surface area contributed by atoms with E-state index in [-0.39, 0.29) is 5.91 Å². The van der Waals surface area contributed by atoms with Crippen LogP contribution in [0.1, 0.15) is 26.2 Å². The van der Waals surface area contributed by atoms with E-state index in [0.29, 0.717) is 19.4 Å². The van der Waals surface area contributed by atoms with Gasteiger partial charge in [0.1, 0.15) is 6.04 Å². The Balaban J connectivity index is 2.65. The Hall–Kier alpha value is -1.10. The predicted molar refractivity (Wildman–Crippen MR) is 45.0 cm³/mol. The van der Waals surface area contributed by atoms with Gasteiger partial charge in [0.05, 0.1) is 0 Å². The molecule has 2 amide bonds. The van der Waals surface area contributed by atoms with Crippen LogP contribution in [-0.2, 0) is 9.59 Å². The lowest BCUT2D eigenvalue weighted by Gasteiger charge is -2.24. The van der Waals surface area contributed by atoms with Crippen molar-refractivity contribution in [2.24, 2.45) is 0 Å². The first-order valence-electron chi connectivity index (χ1n) is 4.44. The zero-order valence-corrected chi connectivity index (χ0v) is 7.62. The van der Waals surface area contributed by atoms with Gasteiger partial charge in [0.2, 0.25) is 5.91 Å². The minimum atomic E-state index is -0.514. The van der Waals surface area contributed by atoms with Crippen LogP contribution in [0, 0.1) is 0 Å². The Kier molecular flexibility index (Phi) is 3.25. The fourth-order valence-corrected chi connectivity index (χ4v) is 1.62. The van der Waals surface area contributed by atoms with Gasteiger partial charge in [-0.1, -0.05) is 6.92 Å². The summed E-state index contributed by atoms with van der Waals surface area (Å²) in [5.74, 6) is -0.506. The first kappa shape index (κ1) is 9.98. The van der Waals surface area contributed by atoms with Crippen molar-refractivity contribution in [3.63, 3.8) is 0 Å². The zero-order valence-electron chi connectivity index (χ0n) is 7.62. The maximum Gasteiger partial charge on any atom is 0.266 e. The molecule has 74 valence electrons. The van der Waals surface area contributed by atoms with Gasteiger partial charge in [-0.05, 0) is 12.8 Å². The fraction of sp³-hybridized carbons (Fsp3) is 0.750. The molecule has 1 aliphatic heterocycles. The minimum absolute atomic E-state index is 0.00421. The van der Waals surface area contributed by atoms with Gasteiger partial charge in [-0.15, -0.1) is 0 Å². The molecule has 0 aromatic carbocycles. The smallest absolute Gasteiger partial charge is 0.266 e. The Morgan fingerprint density at radius 3 is 2.85 bits per heavy atom. The van der Waals surface area contributed by atoms with Crippen LogP contribution in [-0.4, -0.2) is 34.5 Å². The van der Waals surface area contributed by atoms with Crippen molar-refractivity contribution >= 4 is 11.8 Å². The summed E-state index contributed by atoms with van der Waals surface area (Å²) in [4.78, 5) is 23.9. The van der Waals surface area contributed by atoms with Crippen molar-refractivity contribution in [3.05, 3.63) is 0 Å². The van der Waals surface area contributed by atoms with E-state index in [9.17, 15) is 9.59 Å². The van der Waals surface area contributed by atoms with Crippen molar-refractivity contribution in [1.82, 2.24) is 10.4 Å². The summed E-state index contributed by atoms with van der Waals surface area (Å²) in [7, 11) is 0. The van der Waals surface area contributed by atoms with E-state index in [2.05, 4.69) is 0 Å². The van der Waals surface area contributed by atoms with Gasteiger partial charge in [-0.25, -0.2) is 5.48 Å². The summed E-state index contributed by atoms with van der Waals surface area (Å²) < 4.78 is 0. The van der Waals surface area contributed by atoms with Crippen LogP contribution in [0.25, 0.3) is 0 Å². The highest BCUT2D eigenvalue weighted by Crippen LogP contribution is 2.15. The maximum absolute atomic E-state index is 11.3. The van der Waals surface area contributed by atoms with Crippen LogP contribution < -0.4 is 5.48 Å². The monoisotopic (exact) mass is 186 g/mol. The molecule has 1 fully saturated rings. The molecule has 1 rings (SSSR count). The number of carbonyl (C=O) groups is 2. The van der Waals surface area contributed by atoms with Crippen LogP contribution in [0.3, 0.4) is 0 Å². The maximum atomic E-state index is 11.3. The predicted octanol–water partition coefficient (Wildman–Crippen LogP) is -0.107. The van der Waals surface area contributed by atoms with Crippen LogP contribution in [0.2, 0.25) is 0 Å². The Bertz CT molecular complexity index is 217. The number of hydrogen-bond donors (Lipinski definition) is 2. The minimum Gasteiger partial charge on any atom is -0.331 e. The first-order chi connectivity index (χ1) is 6.20. The molecule has 0 saturated carbocycles. The van der Waals surface area contributed by atoms with Gasteiger partial charge in [-0.2, -0.15) is 0 Å². The Morgan fingerprint density at radius 2 is 2.46 bits per heavy atom. The summed E-state index contributed by atoms with van der Waals surface area (Å²) in [6.45, 7) is 2.43. The van der Waals surface area contributed by atoms with Crippen molar-refractivity contribution < 1.29 is 14.8 Å². The molecule has 1 heterocycles. The molecule has 5 nitrogen and oxygen atoms in total. The van der Waals surface area contributed by atoms with Crippen molar-refractivity contribution in [3.8, 4) is 0 Å². The number of hydroxylamine groups is 1. The molecule has 0 aromatic heterocycles. The number of rotatable bonds is 3. The quantitative estimate of drug-likeness (QED) is 0.477. The molecule has 0 aliphatic carbocycles. The van der Waals surface area contributed by atoms with E-state index in [1.54, 1.807) is 5.48 Å². The van der Waals surface area contributed by atoms with E-state index < -0.39 is 11.9 Å². The summed E-state index contributed by atoms with van der Waals surface area (Å²) in [6, 6.07) is -0.514. The first-order valence-corrected chi connectivity index (χ1v) is 4.44. The molecule has 1 saturated heterocycles. The number of carbonyl (C=O) groups excluding carboxylic acids is 2. The average molecular weight is 186 g/mol. The normalized spacial score (nSPS) is 18.9. The lowest BCUT2D eigenvalue weighted by molar-refractivity contribution is -0.142. The largest absolute Gasteiger partial charge is 0.331 e. The van der Waals surface area contributed by atoms with E-state index in [4.69, 9.17) is 5.21 Å². The Morgan fingerprint density at radius 1 is 1.77 bits per heavy atom. The molecule has 0 radical (unpaired) electrons. The lowest BCUT2D eigenvalue weighted by atomic mass is 10.2. The highest BCUT2D eigenvalue weighted by Gasteiger charge is 2.31. The highest BCUT2D eigenvalue weighted by molar-refractivity contribution is 5.87. The van der Waals surface area contributed by atoms with Crippen LogP contribution in [0.15, 0.2) is 0 Å². The molecule has 1 aliphatic rings. The standard InChI is InChI=1S/C8H14N2O3/c1-2-6(8(12)9-13)10-5-3-4-7(10)11/h6,13H,2-5H2,1H3,(H,9,12)/t6-/m1/s1. The van der Waals surface area contributed by atoms with E-state index >= 15 is 0 Å². The molecule has 5 heteroatoms. The Labute approximate surface area is 76.7 Å². The second-order valence-corrected chi connectivity index (χ2v) is 3.09. The van der Waals surface area contributed by atoms with Gasteiger partial charge < -0.3 is 4.90 Å². The molecular weight excluding hydrogens is 172 g/mol. The van der Waals surface area contributed by atoms with Crippen LogP contribution in [0.5, 0.6) is 0 Å². The SMILES string of the molecule is CC[C@H](C(=O)NO)N1CCCC1=O. The number of nitrogens with one attached hydrogen (secondary N) is 1. The fourth-order valence-electron chi connectivity index (χ4n) is 1.62. The van der Waals surface area contributed by atoms with Gasteiger partial charge in [0.15, 0.2) is 0 Å². The molecule has 0 unspecified atom stereocenters. The topological polar surface area (TPSA) is 69.6 Å².